The van der Waals surface area contributed by atoms with Crippen LogP contribution in [0.5, 0.6) is 0 Å². The number of methoxy groups -OCH3 is 1. The first-order chi connectivity index (χ1) is 12.0. The molecular formula is C18H16N2O3S2. The van der Waals surface area contributed by atoms with Gasteiger partial charge in [-0.05, 0) is 37.6 Å². The molecule has 0 spiro atoms. The fourth-order valence-electron chi connectivity index (χ4n) is 2.32. The van der Waals surface area contributed by atoms with Crippen molar-refractivity contribution in [3.8, 4) is 0 Å². The fraction of sp³-hybridized carbons (Fsp3) is 0.167. The van der Waals surface area contributed by atoms with E-state index >= 15 is 0 Å². The Labute approximate surface area is 153 Å². The SMILES string of the molecule is COC(=O)c1c(NC(=O)/C=C/c2nc3ccccc3s2)sc(C)c1C. The molecule has 3 aromatic rings. The second kappa shape index (κ2) is 7.16. The van der Waals surface area contributed by atoms with Gasteiger partial charge in [0.15, 0.2) is 0 Å². The molecule has 1 aromatic carbocycles. The zero-order chi connectivity index (χ0) is 18.0. The third kappa shape index (κ3) is 3.62. The minimum atomic E-state index is -0.452. The third-order valence-electron chi connectivity index (χ3n) is 3.70. The number of fused-ring (bicyclic) bond motifs is 1. The molecule has 25 heavy (non-hydrogen) atoms. The van der Waals surface area contributed by atoms with Gasteiger partial charge in [-0.25, -0.2) is 9.78 Å². The first kappa shape index (κ1) is 17.3. The first-order valence-electron chi connectivity index (χ1n) is 7.52. The standard InChI is InChI=1S/C18H16N2O3S2/c1-10-11(2)24-17(16(10)18(22)23-3)20-14(21)8-9-15-19-12-6-4-5-7-13(12)25-15/h4-9H,1-3H3,(H,20,21)/b9-8+. The van der Waals surface area contributed by atoms with Gasteiger partial charge in [-0.1, -0.05) is 12.1 Å². The lowest BCUT2D eigenvalue weighted by Crippen LogP contribution is -2.11. The van der Waals surface area contributed by atoms with Gasteiger partial charge in [-0.2, -0.15) is 0 Å². The highest BCUT2D eigenvalue weighted by Gasteiger charge is 2.21. The number of para-hydroxylation sites is 1. The Hall–Kier alpha value is -2.51. The number of rotatable bonds is 4. The van der Waals surface area contributed by atoms with E-state index in [1.54, 1.807) is 6.08 Å². The summed E-state index contributed by atoms with van der Waals surface area (Å²) in [4.78, 5) is 29.6. The molecule has 0 saturated heterocycles. The van der Waals surface area contributed by atoms with Gasteiger partial charge in [0.2, 0.25) is 5.91 Å². The average molecular weight is 372 g/mol. The Morgan fingerprint density at radius 3 is 2.68 bits per heavy atom. The van der Waals surface area contributed by atoms with Crippen LogP contribution in [0.4, 0.5) is 5.00 Å². The van der Waals surface area contributed by atoms with Crippen LogP contribution in [0, 0.1) is 13.8 Å². The Bertz CT molecular complexity index is 953. The van der Waals surface area contributed by atoms with E-state index < -0.39 is 5.97 Å². The molecule has 0 aliphatic heterocycles. The van der Waals surface area contributed by atoms with Crippen LogP contribution in [0.15, 0.2) is 30.3 Å². The highest BCUT2D eigenvalue weighted by molar-refractivity contribution is 7.19. The maximum atomic E-state index is 12.2. The van der Waals surface area contributed by atoms with Gasteiger partial charge in [-0.3, -0.25) is 4.79 Å². The molecular weight excluding hydrogens is 356 g/mol. The number of ether oxygens (including phenoxy) is 1. The predicted molar refractivity (Wildman–Crippen MR) is 102 cm³/mol. The second-order valence-corrected chi connectivity index (χ2v) is 7.61. The molecule has 5 nitrogen and oxygen atoms in total. The number of thiazole rings is 1. The van der Waals surface area contributed by atoms with E-state index in [9.17, 15) is 9.59 Å². The molecule has 0 bridgehead atoms. The molecule has 3 rings (SSSR count). The molecule has 0 atom stereocenters. The van der Waals surface area contributed by atoms with E-state index in [0.717, 1.165) is 25.7 Å². The fourth-order valence-corrected chi connectivity index (χ4v) is 4.25. The number of aromatic nitrogens is 1. The first-order valence-corrected chi connectivity index (χ1v) is 9.16. The molecule has 0 saturated carbocycles. The van der Waals surface area contributed by atoms with Crippen LogP contribution >= 0.6 is 22.7 Å². The van der Waals surface area contributed by atoms with E-state index in [-0.39, 0.29) is 5.91 Å². The summed E-state index contributed by atoms with van der Waals surface area (Å²) in [7, 11) is 1.33. The maximum Gasteiger partial charge on any atom is 0.341 e. The zero-order valence-corrected chi connectivity index (χ0v) is 15.6. The van der Waals surface area contributed by atoms with Crippen molar-refractivity contribution < 1.29 is 14.3 Å². The van der Waals surface area contributed by atoms with Crippen LogP contribution in [-0.4, -0.2) is 24.0 Å². The van der Waals surface area contributed by atoms with Gasteiger partial charge in [-0.15, -0.1) is 22.7 Å². The number of anilines is 1. The molecule has 1 amide bonds. The summed E-state index contributed by atoms with van der Waals surface area (Å²) >= 11 is 2.87. The largest absolute Gasteiger partial charge is 0.465 e. The summed E-state index contributed by atoms with van der Waals surface area (Å²) in [5.74, 6) is -0.766. The van der Waals surface area contributed by atoms with Crippen LogP contribution in [0.25, 0.3) is 16.3 Å². The number of aryl methyl sites for hydroxylation is 1. The molecule has 2 aromatic heterocycles. The zero-order valence-electron chi connectivity index (χ0n) is 14.0. The Kier molecular flexibility index (Phi) is 4.96. The smallest absolute Gasteiger partial charge is 0.341 e. The summed E-state index contributed by atoms with van der Waals surface area (Å²) in [5, 5.41) is 4.01. The van der Waals surface area contributed by atoms with Crippen molar-refractivity contribution in [2.24, 2.45) is 0 Å². The van der Waals surface area contributed by atoms with Gasteiger partial charge in [0.25, 0.3) is 0 Å². The summed E-state index contributed by atoms with van der Waals surface area (Å²) in [5.41, 5.74) is 2.14. The Morgan fingerprint density at radius 1 is 1.20 bits per heavy atom. The molecule has 0 unspecified atom stereocenters. The number of nitrogens with one attached hydrogen (secondary N) is 1. The third-order valence-corrected chi connectivity index (χ3v) is 5.82. The molecule has 0 aliphatic carbocycles. The van der Waals surface area contributed by atoms with Gasteiger partial charge < -0.3 is 10.1 Å². The van der Waals surface area contributed by atoms with Crippen molar-refractivity contribution in [2.45, 2.75) is 13.8 Å². The number of carbonyl (C=O) groups excluding carboxylic acids is 2. The normalized spacial score (nSPS) is 11.2. The van der Waals surface area contributed by atoms with E-state index in [0.29, 0.717) is 10.6 Å². The van der Waals surface area contributed by atoms with Crippen molar-refractivity contribution in [1.29, 1.82) is 0 Å². The van der Waals surface area contributed by atoms with Gasteiger partial charge >= 0.3 is 5.97 Å². The molecule has 0 aliphatic rings. The van der Waals surface area contributed by atoms with Gasteiger partial charge in [0.1, 0.15) is 10.0 Å². The molecule has 128 valence electrons. The Morgan fingerprint density at radius 2 is 1.96 bits per heavy atom. The van der Waals surface area contributed by atoms with Crippen LogP contribution in [0.2, 0.25) is 0 Å². The van der Waals surface area contributed by atoms with Crippen LogP contribution in [0.3, 0.4) is 0 Å². The lowest BCUT2D eigenvalue weighted by Gasteiger charge is -2.03. The van der Waals surface area contributed by atoms with Crippen LogP contribution in [0.1, 0.15) is 25.8 Å². The number of carbonyl (C=O) groups is 2. The quantitative estimate of drug-likeness (QED) is 0.544. The number of thiophene rings is 1. The molecule has 0 radical (unpaired) electrons. The summed E-state index contributed by atoms with van der Waals surface area (Å²) in [6, 6.07) is 7.81. The van der Waals surface area contributed by atoms with Crippen molar-refractivity contribution in [1.82, 2.24) is 4.98 Å². The predicted octanol–water partition coefficient (Wildman–Crippen LogP) is 4.41. The molecule has 1 N–H and O–H groups in total. The molecule has 2 heterocycles. The lowest BCUT2D eigenvalue weighted by atomic mass is 10.1. The highest BCUT2D eigenvalue weighted by atomic mass is 32.1. The van der Waals surface area contributed by atoms with Gasteiger partial charge in [0.05, 0.1) is 22.9 Å². The van der Waals surface area contributed by atoms with Crippen LogP contribution in [-0.2, 0) is 9.53 Å². The monoisotopic (exact) mass is 372 g/mol. The van der Waals surface area contributed by atoms with Gasteiger partial charge in [0, 0.05) is 11.0 Å². The molecule has 0 fully saturated rings. The lowest BCUT2D eigenvalue weighted by molar-refractivity contribution is -0.111. The summed E-state index contributed by atoms with van der Waals surface area (Å²) < 4.78 is 5.88. The number of nitrogens with zero attached hydrogens (tertiary/aromatic N) is 1. The average Bonchev–Trinajstić information content (AvgIpc) is 3.13. The Balaban J connectivity index is 1.78. The minimum Gasteiger partial charge on any atom is -0.465 e. The topological polar surface area (TPSA) is 68.3 Å². The van der Waals surface area contributed by atoms with E-state index in [4.69, 9.17) is 4.74 Å². The van der Waals surface area contributed by atoms with Crippen molar-refractivity contribution in [3.63, 3.8) is 0 Å². The van der Waals surface area contributed by atoms with E-state index in [1.165, 1.54) is 35.9 Å². The summed E-state index contributed by atoms with van der Waals surface area (Å²) in [6.45, 7) is 3.74. The highest BCUT2D eigenvalue weighted by Crippen LogP contribution is 2.33. The second-order valence-electron chi connectivity index (χ2n) is 5.32. The van der Waals surface area contributed by atoms with Crippen molar-refractivity contribution >= 4 is 55.8 Å². The van der Waals surface area contributed by atoms with E-state index in [2.05, 4.69) is 10.3 Å². The number of esters is 1. The minimum absolute atomic E-state index is 0.314. The maximum absolute atomic E-state index is 12.2. The summed E-state index contributed by atoms with van der Waals surface area (Å²) in [6.07, 6.45) is 3.09. The van der Waals surface area contributed by atoms with Crippen molar-refractivity contribution in [3.05, 3.63) is 51.4 Å². The van der Waals surface area contributed by atoms with E-state index in [1.807, 2.05) is 38.1 Å². The number of benzene rings is 1. The molecule has 7 heteroatoms. The van der Waals surface area contributed by atoms with Crippen LogP contribution < -0.4 is 5.32 Å². The number of hydrogen-bond donors (Lipinski definition) is 1. The number of amides is 1. The number of hydrogen-bond acceptors (Lipinski definition) is 6. The van der Waals surface area contributed by atoms with Crippen molar-refractivity contribution in [2.75, 3.05) is 12.4 Å².